The summed E-state index contributed by atoms with van der Waals surface area (Å²) in [6.45, 7) is 5.85. The van der Waals surface area contributed by atoms with Crippen LogP contribution in [0.4, 0.5) is 0 Å². The van der Waals surface area contributed by atoms with Gasteiger partial charge in [-0.3, -0.25) is 4.79 Å². The summed E-state index contributed by atoms with van der Waals surface area (Å²) < 4.78 is 0. The molecule has 2 heteroatoms. The maximum atomic E-state index is 10.9. The van der Waals surface area contributed by atoms with Gasteiger partial charge in [0.1, 0.15) is 0 Å². The number of carboxylic acids is 1. The van der Waals surface area contributed by atoms with Crippen LogP contribution in [0.2, 0.25) is 0 Å². The fourth-order valence-corrected chi connectivity index (χ4v) is 2.30. The average Bonchev–Trinajstić information content (AvgIpc) is 2.43. The molecule has 0 aromatic heterocycles. The monoisotopic (exact) mass is 280 g/mol. The van der Waals surface area contributed by atoms with Gasteiger partial charge in [-0.2, -0.15) is 0 Å². The summed E-state index contributed by atoms with van der Waals surface area (Å²) in [6, 6.07) is 0. The summed E-state index contributed by atoms with van der Waals surface area (Å²) in [7, 11) is 0. The van der Waals surface area contributed by atoms with Crippen LogP contribution in [-0.2, 0) is 4.79 Å². The van der Waals surface area contributed by atoms with Crippen molar-refractivity contribution in [2.45, 2.75) is 77.6 Å². The number of carbonyl (C=O) groups is 1. The highest BCUT2D eigenvalue weighted by Crippen LogP contribution is 2.15. The van der Waals surface area contributed by atoms with Crippen molar-refractivity contribution in [1.29, 1.82) is 0 Å². The van der Waals surface area contributed by atoms with Crippen molar-refractivity contribution in [3.8, 4) is 0 Å². The molecular formula is C18H32O2. The first-order valence-corrected chi connectivity index (χ1v) is 8.21. The van der Waals surface area contributed by atoms with E-state index in [1.807, 2.05) is 0 Å². The summed E-state index contributed by atoms with van der Waals surface area (Å²) in [5.41, 5.74) is 0. The Bertz CT molecular complexity index is 269. The zero-order valence-electron chi connectivity index (χ0n) is 13.2. The van der Waals surface area contributed by atoms with Crippen LogP contribution in [0.3, 0.4) is 0 Å². The molecule has 0 saturated heterocycles. The van der Waals surface area contributed by atoms with Crippen LogP contribution in [0, 0.1) is 5.92 Å². The molecule has 1 unspecified atom stereocenters. The molecule has 20 heavy (non-hydrogen) atoms. The minimum absolute atomic E-state index is 0.231. The third kappa shape index (κ3) is 12.0. The standard InChI is InChI=1S/C18H32O2/c1-3-5-6-7-8-9-10-11-12-13-14-16-17(15-4-2)18(19)20/h4,8-9,17H,2-3,5-7,10-16H2,1H3,(H,19,20). The number of hydrogen-bond donors (Lipinski definition) is 1. The Morgan fingerprint density at radius 2 is 1.65 bits per heavy atom. The highest BCUT2D eigenvalue weighted by atomic mass is 16.4. The van der Waals surface area contributed by atoms with Crippen LogP contribution in [-0.4, -0.2) is 11.1 Å². The number of unbranched alkanes of at least 4 members (excludes halogenated alkanes) is 7. The van der Waals surface area contributed by atoms with Gasteiger partial charge in [0.25, 0.3) is 0 Å². The van der Waals surface area contributed by atoms with E-state index in [0.29, 0.717) is 6.42 Å². The van der Waals surface area contributed by atoms with E-state index < -0.39 is 5.97 Å². The molecule has 0 aliphatic heterocycles. The number of allylic oxidation sites excluding steroid dienone is 3. The second-order valence-corrected chi connectivity index (χ2v) is 5.52. The fraction of sp³-hybridized carbons (Fsp3) is 0.722. The van der Waals surface area contributed by atoms with E-state index in [0.717, 1.165) is 19.3 Å². The van der Waals surface area contributed by atoms with E-state index in [1.54, 1.807) is 6.08 Å². The van der Waals surface area contributed by atoms with Crippen LogP contribution in [0.5, 0.6) is 0 Å². The quantitative estimate of drug-likeness (QED) is 0.325. The van der Waals surface area contributed by atoms with E-state index in [9.17, 15) is 4.79 Å². The van der Waals surface area contributed by atoms with Crippen LogP contribution < -0.4 is 0 Å². The first kappa shape index (κ1) is 18.9. The Morgan fingerprint density at radius 3 is 2.20 bits per heavy atom. The van der Waals surface area contributed by atoms with Gasteiger partial charge < -0.3 is 5.11 Å². The molecule has 0 spiro atoms. The zero-order chi connectivity index (χ0) is 15.1. The van der Waals surface area contributed by atoms with Gasteiger partial charge in [0.05, 0.1) is 5.92 Å². The Morgan fingerprint density at radius 1 is 1.05 bits per heavy atom. The number of rotatable bonds is 14. The highest BCUT2D eigenvalue weighted by molar-refractivity contribution is 5.70. The Balaban J connectivity index is 3.39. The molecule has 0 fully saturated rings. The molecule has 116 valence electrons. The van der Waals surface area contributed by atoms with E-state index >= 15 is 0 Å². The van der Waals surface area contributed by atoms with Crippen LogP contribution in [0.1, 0.15) is 77.6 Å². The van der Waals surface area contributed by atoms with Crippen LogP contribution in [0.15, 0.2) is 24.8 Å². The molecule has 0 radical (unpaired) electrons. The van der Waals surface area contributed by atoms with Gasteiger partial charge in [0.2, 0.25) is 0 Å². The van der Waals surface area contributed by atoms with Gasteiger partial charge in [0.15, 0.2) is 0 Å². The predicted octanol–water partition coefficient (Wildman–Crippen LogP) is 5.74. The summed E-state index contributed by atoms with van der Waals surface area (Å²) in [6.07, 6.45) is 18.6. The Kier molecular flexibility index (Phi) is 13.6. The SMILES string of the molecule is C=CCC(CCCCCCC=CCCCCC)C(=O)O. The van der Waals surface area contributed by atoms with Gasteiger partial charge in [-0.1, -0.05) is 57.3 Å². The predicted molar refractivity (Wildman–Crippen MR) is 86.9 cm³/mol. The lowest BCUT2D eigenvalue weighted by Crippen LogP contribution is -2.12. The highest BCUT2D eigenvalue weighted by Gasteiger charge is 2.14. The second-order valence-electron chi connectivity index (χ2n) is 5.52. The largest absolute Gasteiger partial charge is 0.481 e. The van der Waals surface area contributed by atoms with Crippen molar-refractivity contribution >= 4 is 5.97 Å². The molecule has 0 aromatic carbocycles. The molecular weight excluding hydrogens is 248 g/mol. The third-order valence-corrected chi connectivity index (χ3v) is 3.61. The minimum atomic E-state index is -0.681. The van der Waals surface area contributed by atoms with E-state index in [-0.39, 0.29) is 5.92 Å². The molecule has 0 aliphatic rings. The molecule has 0 bridgehead atoms. The van der Waals surface area contributed by atoms with Crippen LogP contribution in [0.25, 0.3) is 0 Å². The van der Waals surface area contributed by atoms with Crippen molar-refractivity contribution < 1.29 is 9.90 Å². The summed E-state index contributed by atoms with van der Waals surface area (Å²) in [5.74, 6) is -0.911. The number of aliphatic carboxylic acids is 1. The minimum Gasteiger partial charge on any atom is -0.481 e. The maximum Gasteiger partial charge on any atom is 0.306 e. The first-order valence-electron chi connectivity index (χ1n) is 8.21. The molecule has 0 aromatic rings. The molecule has 0 amide bonds. The van der Waals surface area contributed by atoms with E-state index in [2.05, 4.69) is 25.7 Å². The Labute approximate surface area is 125 Å². The van der Waals surface area contributed by atoms with Gasteiger partial charge >= 0.3 is 5.97 Å². The molecule has 1 N–H and O–H groups in total. The zero-order valence-corrected chi connectivity index (χ0v) is 13.2. The lowest BCUT2D eigenvalue weighted by atomic mass is 9.97. The van der Waals surface area contributed by atoms with Crippen molar-refractivity contribution in [3.63, 3.8) is 0 Å². The lowest BCUT2D eigenvalue weighted by Gasteiger charge is -2.09. The van der Waals surface area contributed by atoms with E-state index in [4.69, 9.17) is 5.11 Å². The Hall–Kier alpha value is -1.05. The fourth-order valence-electron chi connectivity index (χ4n) is 2.30. The van der Waals surface area contributed by atoms with Crippen LogP contribution >= 0.6 is 0 Å². The van der Waals surface area contributed by atoms with Gasteiger partial charge in [-0.15, -0.1) is 6.58 Å². The van der Waals surface area contributed by atoms with E-state index in [1.165, 1.54) is 44.9 Å². The third-order valence-electron chi connectivity index (χ3n) is 3.61. The molecule has 0 aliphatic carbocycles. The molecule has 0 rings (SSSR count). The maximum absolute atomic E-state index is 10.9. The van der Waals surface area contributed by atoms with Crippen molar-refractivity contribution in [3.05, 3.63) is 24.8 Å². The van der Waals surface area contributed by atoms with Gasteiger partial charge in [-0.05, 0) is 38.5 Å². The average molecular weight is 280 g/mol. The summed E-state index contributed by atoms with van der Waals surface area (Å²) in [5, 5.41) is 9.01. The number of carboxylic acid groups (broad SMARTS) is 1. The number of hydrogen-bond acceptors (Lipinski definition) is 1. The molecule has 0 saturated carbocycles. The lowest BCUT2D eigenvalue weighted by molar-refractivity contribution is -0.141. The normalized spacial score (nSPS) is 12.7. The molecule has 1 atom stereocenters. The van der Waals surface area contributed by atoms with Crippen molar-refractivity contribution in [1.82, 2.24) is 0 Å². The topological polar surface area (TPSA) is 37.3 Å². The van der Waals surface area contributed by atoms with Crippen molar-refractivity contribution in [2.75, 3.05) is 0 Å². The van der Waals surface area contributed by atoms with Gasteiger partial charge in [-0.25, -0.2) is 0 Å². The smallest absolute Gasteiger partial charge is 0.306 e. The summed E-state index contributed by atoms with van der Waals surface area (Å²) >= 11 is 0. The second kappa shape index (κ2) is 14.4. The molecule has 0 heterocycles. The first-order chi connectivity index (χ1) is 9.72. The summed E-state index contributed by atoms with van der Waals surface area (Å²) in [4.78, 5) is 10.9. The molecule has 2 nitrogen and oxygen atoms in total. The van der Waals surface area contributed by atoms with Crippen molar-refractivity contribution in [2.24, 2.45) is 5.92 Å². The van der Waals surface area contributed by atoms with Gasteiger partial charge in [0, 0.05) is 0 Å².